The number of aromatic nitrogens is 1. The molecular formula is C14H14N4O3. The Hall–Kier alpha value is -2.70. The maximum Gasteiger partial charge on any atom is 0.270 e. The van der Waals surface area contributed by atoms with Crippen molar-refractivity contribution < 1.29 is 9.72 Å². The number of amides is 1. The lowest BCUT2D eigenvalue weighted by Gasteiger charge is -2.15. The molecule has 2 N–H and O–H groups in total. The Morgan fingerprint density at radius 3 is 2.90 bits per heavy atom. The van der Waals surface area contributed by atoms with Gasteiger partial charge < -0.3 is 10.6 Å². The van der Waals surface area contributed by atoms with Crippen molar-refractivity contribution in [1.82, 2.24) is 10.3 Å². The van der Waals surface area contributed by atoms with Crippen molar-refractivity contribution in [2.45, 2.75) is 19.4 Å². The van der Waals surface area contributed by atoms with E-state index in [9.17, 15) is 14.9 Å². The molecule has 3 rings (SSSR count). The minimum atomic E-state index is -0.427. The summed E-state index contributed by atoms with van der Waals surface area (Å²) in [5, 5.41) is 17.6. The van der Waals surface area contributed by atoms with Crippen LogP contribution in [-0.4, -0.2) is 28.4 Å². The molecule has 0 radical (unpaired) electrons. The molecule has 0 aliphatic carbocycles. The van der Waals surface area contributed by atoms with Crippen molar-refractivity contribution >= 4 is 28.2 Å². The molecular weight excluding hydrogens is 272 g/mol. The monoisotopic (exact) mass is 286 g/mol. The summed E-state index contributed by atoms with van der Waals surface area (Å²) in [6.07, 6.45) is 0.401. The Bertz CT molecular complexity index is 744. The molecule has 7 heteroatoms. The molecule has 1 unspecified atom stereocenters. The van der Waals surface area contributed by atoms with Gasteiger partial charge in [-0.3, -0.25) is 19.9 Å². The predicted octanol–water partition coefficient (Wildman–Crippen LogP) is 1.75. The van der Waals surface area contributed by atoms with Gasteiger partial charge in [0.15, 0.2) is 0 Å². The molecule has 0 saturated carbocycles. The largest absolute Gasteiger partial charge is 0.379 e. The van der Waals surface area contributed by atoms with Gasteiger partial charge in [0.25, 0.3) is 5.69 Å². The average Bonchev–Trinajstić information content (AvgIpc) is 2.83. The molecule has 1 saturated heterocycles. The van der Waals surface area contributed by atoms with Crippen molar-refractivity contribution in [3.05, 3.63) is 40.1 Å². The van der Waals surface area contributed by atoms with Crippen molar-refractivity contribution in [3.8, 4) is 0 Å². The zero-order valence-electron chi connectivity index (χ0n) is 11.4. The van der Waals surface area contributed by atoms with Crippen LogP contribution < -0.4 is 10.6 Å². The van der Waals surface area contributed by atoms with Crippen LogP contribution >= 0.6 is 0 Å². The normalized spacial score (nSPS) is 17.8. The Labute approximate surface area is 120 Å². The molecule has 1 aliphatic heterocycles. The van der Waals surface area contributed by atoms with Crippen LogP contribution in [0.15, 0.2) is 24.3 Å². The van der Waals surface area contributed by atoms with Crippen LogP contribution in [0.1, 0.15) is 12.1 Å². The zero-order valence-corrected chi connectivity index (χ0v) is 11.4. The van der Waals surface area contributed by atoms with E-state index in [0.717, 1.165) is 11.4 Å². The second-order valence-electron chi connectivity index (χ2n) is 5.12. The first kappa shape index (κ1) is 13.3. The highest BCUT2D eigenvalue weighted by Gasteiger charge is 2.22. The smallest absolute Gasteiger partial charge is 0.270 e. The minimum Gasteiger partial charge on any atom is -0.379 e. The van der Waals surface area contributed by atoms with Gasteiger partial charge in [0.2, 0.25) is 5.91 Å². The molecule has 1 aliphatic rings. The van der Waals surface area contributed by atoms with Crippen molar-refractivity contribution in [1.29, 1.82) is 0 Å². The van der Waals surface area contributed by atoms with Gasteiger partial charge in [0.1, 0.15) is 0 Å². The van der Waals surface area contributed by atoms with Gasteiger partial charge in [-0.05, 0) is 19.1 Å². The van der Waals surface area contributed by atoms with Crippen LogP contribution in [0.2, 0.25) is 0 Å². The molecule has 1 aromatic heterocycles. The molecule has 0 spiro atoms. The molecule has 108 valence electrons. The van der Waals surface area contributed by atoms with Crippen molar-refractivity contribution in [3.63, 3.8) is 0 Å². The minimum absolute atomic E-state index is 0.00793. The Morgan fingerprint density at radius 1 is 1.43 bits per heavy atom. The van der Waals surface area contributed by atoms with E-state index in [1.165, 1.54) is 12.1 Å². The first-order valence-corrected chi connectivity index (χ1v) is 6.62. The Balaban J connectivity index is 2.04. The van der Waals surface area contributed by atoms with Crippen molar-refractivity contribution in [2.24, 2.45) is 0 Å². The summed E-state index contributed by atoms with van der Waals surface area (Å²) in [5.74, 6) is 0.00793. The number of non-ortho nitro benzene ring substituents is 1. The highest BCUT2D eigenvalue weighted by Crippen LogP contribution is 2.28. The molecule has 1 fully saturated rings. The van der Waals surface area contributed by atoms with Crippen LogP contribution in [0.25, 0.3) is 10.9 Å². The van der Waals surface area contributed by atoms with Crippen LogP contribution in [0.3, 0.4) is 0 Å². The van der Waals surface area contributed by atoms with Crippen LogP contribution in [0.4, 0.5) is 11.4 Å². The number of hydrogen-bond acceptors (Lipinski definition) is 5. The number of carbonyl (C=O) groups excluding carboxylic acids is 1. The SMILES string of the molecule is Cc1cc(NC2CNC(=O)C2)c2cc([N+](=O)[O-])ccc2n1. The van der Waals surface area contributed by atoms with Crippen LogP contribution in [0, 0.1) is 17.0 Å². The summed E-state index contributed by atoms with van der Waals surface area (Å²) in [4.78, 5) is 26.1. The third kappa shape index (κ3) is 2.62. The first-order valence-electron chi connectivity index (χ1n) is 6.62. The van der Waals surface area contributed by atoms with Gasteiger partial charge in [0, 0.05) is 41.9 Å². The number of nitro benzene ring substituents is 1. The van der Waals surface area contributed by atoms with E-state index >= 15 is 0 Å². The fraction of sp³-hybridized carbons (Fsp3) is 0.286. The molecule has 2 aromatic rings. The molecule has 2 heterocycles. The predicted molar refractivity (Wildman–Crippen MR) is 78.2 cm³/mol. The van der Waals surface area contributed by atoms with Gasteiger partial charge in [-0.25, -0.2) is 0 Å². The Morgan fingerprint density at radius 2 is 2.24 bits per heavy atom. The van der Waals surface area contributed by atoms with Gasteiger partial charge in [0.05, 0.1) is 16.5 Å². The number of benzene rings is 1. The Kier molecular flexibility index (Phi) is 3.17. The van der Waals surface area contributed by atoms with Crippen molar-refractivity contribution in [2.75, 3.05) is 11.9 Å². The second kappa shape index (κ2) is 5.01. The maximum absolute atomic E-state index is 11.3. The number of pyridine rings is 1. The third-order valence-electron chi connectivity index (χ3n) is 3.47. The van der Waals surface area contributed by atoms with Crippen LogP contribution in [-0.2, 0) is 4.79 Å². The zero-order chi connectivity index (χ0) is 15.0. The molecule has 1 atom stereocenters. The van der Waals surface area contributed by atoms with E-state index in [-0.39, 0.29) is 17.6 Å². The lowest BCUT2D eigenvalue weighted by molar-refractivity contribution is -0.384. The highest BCUT2D eigenvalue weighted by atomic mass is 16.6. The number of rotatable bonds is 3. The summed E-state index contributed by atoms with van der Waals surface area (Å²) in [6, 6.07) is 6.42. The number of nitrogens with one attached hydrogen (secondary N) is 2. The van der Waals surface area contributed by atoms with Gasteiger partial charge in [-0.1, -0.05) is 0 Å². The fourth-order valence-corrected chi connectivity index (χ4v) is 2.51. The first-order chi connectivity index (χ1) is 10.0. The molecule has 21 heavy (non-hydrogen) atoms. The fourth-order valence-electron chi connectivity index (χ4n) is 2.51. The molecule has 7 nitrogen and oxygen atoms in total. The highest BCUT2D eigenvalue weighted by molar-refractivity contribution is 5.93. The number of hydrogen-bond donors (Lipinski definition) is 2. The van der Waals surface area contributed by atoms with E-state index < -0.39 is 4.92 Å². The summed E-state index contributed by atoms with van der Waals surface area (Å²) in [7, 11) is 0. The van der Waals surface area contributed by atoms with E-state index in [4.69, 9.17) is 0 Å². The van der Waals surface area contributed by atoms with Gasteiger partial charge >= 0.3 is 0 Å². The molecule has 0 bridgehead atoms. The summed E-state index contributed by atoms with van der Waals surface area (Å²) in [6.45, 7) is 2.42. The number of nitrogens with zero attached hydrogens (tertiary/aromatic N) is 2. The lowest BCUT2D eigenvalue weighted by Crippen LogP contribution is -2.22. The van der Waals surface area contributed by atoms with E-state index in [0.29, 0.717) is 23.9 Å². The maximum atomic E-state index is 11.3. The van der Waals surface area contributed by atoms with E-state index in [2.05, 4.69) is 15.6 Å². The second-order valence-corrected chi connectivity index (χ2v) is 5.12. The quantitative estimate of drug-likeness (QED) is 0.661. The summed E-state index contributed by atoms with van der Waals surface area (Å²) >= 11 is 0. The average molecular weight is 286 g/mol. The lowest BCUT2D eigenvalue weighted by atomic mass is 10.1. The summed E-state index contributed by atoms with van der Waals surface area (Å²) < 4.78 is 0. The standard InChI is InChI=1S/C14H14N4O3/c1-8-4-13(17-9-5-14(19)15-7-9)11-6-10(18(20)21)2-3-12(11)16-8/h2-4,6,9H,5,7H2,1H3,(H,15,19)(H,16,17). The number of carbonyl (C=O) groups is 1. The summed E-state index contributed by atoms with van der Waals surface area (Å²) in [5.41, 5.74) is 2.30. The van der Waals surface area contributed by atoms with E-state index in [1.807, 2.05) is 13.0 Å². The third-order valence-corrected chi connectivity index (χ3v) is 3.47. The van der Waals surface area contributed by atoms with E-state index in [1.54, 1.807) is 6.07 Å². The topological polar surface area (TPSA) is 97.2 Å². The number of anilines is 1. The van der Waals surface area contributed by atoms with Gasteiger partial charge in [-0.15, -0.1) is 0 Å². The number of fused-ring (bicyclic) bond motifs is 1. The number of nitro groups is 1. The molecule has 1 aromatic carbocycles. The van der Waals surface area contributed by atoms with Gasteiger partial charge in [-0.2, -0.15) is 0 Å². The molecule has 1 amide bonds. The van der Waals surface area contributed by atoms with Crippen LogP contribution in [0.5, 0.6) is 0 Å². The number of aryl methyl sites for hydroxylation is 1.